The Kier molecular flexibility index (Phi) is 6.27. The molecule has 0 spiro atoms. The first-order valence-electron chi connectivity index (χ1n) is 9.83. The number of aromatic nitrogens is 4. The summed E-state index contributed by atoms with van der Waals surface area (Å²) in [6.07, 6.45) is 1.90. The lowest BCUT2D eigenvalue weighted by Gasteiger charge is -2.27. The second-order valence-electron chi connectivity index (χ2n) is 7.61. The van der Waals surface area contributed by atoms with Gasteiger partial charge in [0.1, 0.15) is 11.5 Å². The van der Waals surface area contributed by atoms with Crippen LogP contribution in [0.4, 0.5) is 0 Å². The third-order valence-corrected chi connectivity index (χ3v) is 5.52. The average molecular weight is 398 g/mol. The molecule has 0 bridgehead atoms. The fraction of sp³-hybridized carbons (Fsp3) is 0.455. The van der Waals surface area contributed by atoms with Crippen molar-refractivity contribution < 1.29 is 9.47 Å². The minimum Gasteiger partial charge on any atom is -0.497 e. The zero-order valence-electron chi connectivity index (χ0n) is 18.4. The molecule has 0 radical (unpaired) electrons. The van der Waals surface area contributed by atoms with Gasteiger partial charge in [-0.15, -0.1) is 0 Å². The molecule has 0 unspecified atom stereocenters. The third kappa shape index (κ3) is 4.29. The van der Waals surface area contributed by atoms with E-state index in [9.17, 15) is 0 Å². The van der Waals surface area contributed by atoms with E-state index in [0.29, 0.717) is 6.04 Å². The van der Waals surface area contributed by atoms with Crippen LogP contribution in [-0.2, 0) is 20.1 Å². The molecule has 3 aromatic rings. The lowest BCUT2D eigenvalue weighted by molar-refractivity contribution is 0.203. The standard InChI is InChI=1S/C22H31N5O2/c1-14(2)27(13-20-15(3)25-26(5)16(20)4)12-17-11-23-24-22(17)19-9-8-18(28-6)10-21(19)29-7/h8-11,14H,12-13H2,1-7H3,(H,23,24). The SMILES string of the molecule is COc1ccc(-c2[nH]ncc2CN(Cc2c(C)nn(C)c2C)C(C)C)c(OC)c1. The fourth-order valence-electron chi connectivity index (χ4n) is 3.56. The molecule has 0 fully saturated rings. The van der Waals surface area contributed by atoms with Crippen molar-refractivity contribution in [3.63, 3.8) is 0 Å². The average Bonchev–Trinajstić information content (AvgIpc) is 3.26. The fourth-order valence-corrected chi connectivity index (χ4v) is 3.56. The molecule has 0 atom stereocenters. The van der Waals surface area contributed by atoms with E-state index in [1.165, 1.54) is 11.3 Å². The molecule has 7 heteroatoms. The van der Waals surface area contributed by atoms with Gasteiger partial charge in [-0.05, 0) is 39.8 Å². The molecule has 0 aliphatic carbocycles. The number of nitrogens with one attached hydrogen (secondary N) is 1. The lowest BCUT2D eigenvalue weighted by Crippen LogP contribution is -2.30. The molecule has 2 aromatic heterocycles. The highest BCUT2D eigenvalue weighted by Crippen LogP contribution is 2.34. The molecule has 0 saturated carbocycles. The van der Waals surface area contributed by atoms with Crippen LogP contribution in [0.3, 0.4) is 0 Å². The summed E-state index contributed by atoms with van der Waals surface area (Å²) in [5.41, 5.74) is 6.64. The van der Waals surface area contributed by atoms with Gasteiger partial charge in [0, 0.05) is 54.6 Å². The van der Waals surface area contributed by atoms with Crippen molar-refractivity contribution in [3.8, 4) is 22.8 Å². The van der Waals surface area contributed by atoms with Crippen LogP contribution in [0, 0.1) is 13.8 Å². The van der Waals surface area contributed by atoms with E-state index in [-0.39, 0.29) is 0 Å². The minimum atomic E-state index is 0.370. The highest BCUT2D eigenvalue weighted by Gasteiger charge is 2.20. The number of nitrogens with zero attached hydrogens (tertiary/aromatic N) is 4. The first kappa shape index (κ1) is 20.9. The Labute approximate surface area is 172 Å². The van der Waals surface area contributed by atoms with Crippen LogP contribution >= 0.6 is 0 Å². The van der Waals surface area contributed by atoms with Gasteiger partial charge >= 0.3 is 0 Å². The molecule has 1 aromatic carbocycles. The van der Waals surface area contributed by atoms with Gasteiger partial charge in [0.2, 0.25) is 0 Å². The predicted octanol–water partition coefficient (Wildman–Crippen LogP) is 3.85. The molecule has 2 heterocycles. The number of hydrogen-bond donors (Lipinski definition) is 1. The summed E-state index contributed by atoms with van der Waals surface area (Å²) < 4.78 is 12.9. The van der Waals surface area contributed by atoms with E-state index >= 15 is 0 Å². The number of hydrogen-bond acceptors (Lipinski definition) is 5. The molecule has 0 aliphatic heterocycles. The van der Waals surface area contributed by atoms with Gasteiger partial charge in [0.05, 0.1) is 31.8 Å². The smallest absolute Gasteiger partial charge is 0.131 e. The van der Waals surface area contributed by atoms with Crippen LogP contribution in [-0.4, -0.2) is 45.1 Å². The number of benzene rings is 1. The van der Waals surface area contributed by atoms with Crippen molar-refractivity contribution in [1.29, 1.82) is 0 Å². The number of aryl methyl sites for hydroxylation is 2. The van der Waals surface area contributed by atoms with Crippen LogP contribution in [0.2, 0.25) is 0 Å². The third-order valence-electron chi connectivity index (χ3n) is 5.52. The first-order valence-corrected chi connectivity index (χ1v) is 9.83. The van der Waals surface area contributed by atoms with Crippen molar-refractivity contribution in [2.24, 2.45) is 7.05 Å². The molecule has 156 valence electrons. The summed E-state index contributed by atoms with van der Waals surface area (Å²) in [6.45, 7) is 10.2. The van der Waals surface area contributed by atoms with Gasteiger partial charge in [0.25, 0.3) is 0 Å². The summed E-state index contributed by atoms with van der Waals surface area (Å²) >= 11 is 0. The second kappa shape index (κ2) is 8.69. The molecule has 0 saturated heterocycles. The number of H-pyrrole nitrogens is 1. The molecule has 3 rings (SSSR count). The Morgan fingerprint density at radius 2 is 1.90 bits per heavy atom. The number of methoxy groups -OCH3 is 2. The molecular formula is C22H31N5O2. The maximum Gasteiger partial charge on any atom is 0.131 e. The van der Waals surface area contributed by atoms with E-state index in [2.05, 4.69) is 47.9 Å². The predicted molar refractivity (Wildman–Crippen MR) is 114 cm³/mol. The van der Waals surface area contributed by atoms with Gasteiger partial charge in [-0.1, -0.05) is 0 Å². The molecule has 1 N–H and O–H groups in total. The Morgan fingerprint density at radius 1 is 1.14 bits per heavy atom. The van der Waals surface area contributed by atoms with Gasteiger partial charge in [-0.3, -0.25) is 14.7 Å². The monoisotopic (exact) mass is 397 g/mol. The van der Waals surface area contributed by atoms with Crippen molar-refractivity contribution in [1.82, 2.24) is 24.9 Å². The Hall–Kier alpha value is -2.80. The quantitative estimate of drug-likeness (QED) is 0.625. The summed E-state index contributed by atoms with van der Waals surface area (Å²) in [7, 11) is 5.32. The van der Waals surface area contributed by atoms with Crippen LogP contribution in [0.5, 0.6) is 11.5 Å². The first-order chi connectivity index (χ1) is 13.8. The van der Waals surface area contributed by atoms with Gasteiger partial charge in [0.15, 0.2) is 0 Å². The molecule has 29 heavy (non-hydrogen) atoms. The van der Waals surface area contributed by atoms with Gasteiger partial charge in [-0.25, -0.2) is 0 Å². The normalized spacial score (nSPS) is 11.5. The molecule has 0 amide bonds. The largest absolute Gasteiger partial charge is 0.497 e. The Bertz CT molecular complexity index is 974. The van der Waals surface area contributed by atoms with Crippen LogP contribution in [0.25, 0.3) is 11.3 Å². The summed E-state index contributed by atoms with van der Waals surface area (Å²) in [6, 6.07) is 6.20. The van der Waals surface area contributed by atoms with Crippen molar-refractivity contribution in [2.45, 2.75) is 46.8 Å². The van der Waals surface area contributed by atoms with Gasteiger partial charge in [-0.2, -0.15) is 10.2 Å². The summed E-state index contributed by atoms with van der Waals surface area (Å²) in [5.74, 6) is 1.52. The maximum atomic E-state index is 5.60. The van der Waals surface area contributed by atoms with E-state index in [1.807, 2.05) is 36.1 Å². The second-order valence-corrected chi connectivity index (χ2v) is 7.61. The van der Waals surface area contributed by atoms with Crippen molar-refractivity contribution >= 4 is 0 Å². The molecule has 0 aliphatic rings. The maximum absolute atomic E-state index is 5.60. The van der Waals surface area contributed by atoms with Crippen molar-refractivity contribution in [2.75, 3.05) is 14.2 Å². The number of rotatable bonds is 8. The van der Waals surface area contributed by atoms with Crippen molar-refractivity contribution in [3.05, 3.63) is 46.9 Å². The van der Waals surface area contributed by atoms with E-state index in [4.69, 9.17) is 9.47 Å². The van der Waals surface area contributed by atoms with Gasteiger partial charge < -0.3 is 9.47 Å². The van der Waals surface area contributed by atoms with Crippen LogP contribution in [0.15, 0.2) is 24.4 Å². The summed E-state index contributed by atoms with van der Waals surface area (Å²) in [4.78, 5) is 2.43. The molecular weight excluding hydrogens is 366 g/mol. The lowest BCUT2D eigenvalue weighted by atomic mass is 10.1. The van der Waals surface area contributed by atoms with E-state index in [1.54, 1.807) is 14.2 Å². The molecule has 7 nitrogen and oxygen atoms in total. The highest BCUT2D eigenvalue weighted by molar-refractivity contribution is 5.71. The number of ether oxygens (including phenoxy) is 2. The van der Waals surface area contributed by atoms with E-state index < -0.39 is 0 Å². The zero-order valence-corrected chi connectivity index (χ0v) is 18.4. The Balaban J connectivity index is 1.91. The minimum absolute atomic E-state index is 0.370. The highest BCUT2D eigenvalue weighted by atomic mass is 16.5. The zero-order chi connectivity index (χ0) is 21.1. The number of aromatic amines is 1. The summed E-state index contributed by atoms with van der Waals surface area (Å²) in [5, 5.41) is 12.0. The Morgan fingerprint density at radius 3 is 2.48 bits per heavy atom. The van der Waals surface area contributed by atoms with Crippen LogP contribution < -0.4 is 9.47 Å². The van der Waals surface area contributed by atoms with E-state index in [0.717, 1.165) is 47.1 Å². The topological polar surface area (TPSA) is 68.2 Å². The van der Waals surface area contributed by atoms with Crippen LogP contribution in [0.1, 0.15) is 36.4 Å².